The molecule has 0 aliphatic heterocycles. The van der Waals surface area contributed by atoms with Gasteiger partial charge in [0.1, 0.15) is 0 Å². The molecule has 36 heavy (non-hydrogen) atoms. The van der Waals surface area contributed by atoms with Crippen LogP contribution in [-0.4, -0.2) is 22.7 Å². The van der Waals surface area contributed by atoms with Crippen LogP contribution in [0.25, 0.3) is 16.8 Å². The summed E-state index contributed by atoms with van der Waals surface area (Å²) in [6.45, 7) is 1.22. The number of ketones is 1. The Morgan fingerprint density at radius 1 is 0.806 bits per heavy atom. The van der Waals surface area contributed by atoms with Gasteiger partial charge in [-0.15, -0.1) is 0 Å². The number of carbonyl (C=O) groups is 1. The van der Waals surface area contributed by atoms with E-state index in [1.807, 2.05) is 0 Å². The first-order valence-corrected chi connectivity index (χ1v) is 10.3. The van der Waals surface area contributed by atoms with Crippen LogP contribution in [0.1, 0.15) is 28.4 Å². The average Bonchev–Trinajstić information content (AvgIpc) is 3.20. The third-order valence-corrected chi connectivity index (χ3v) is 5.81. The Morgan fingerprint density at radius 3 is 1.89 bits per heavy atom. The number of Topliss-reactive ketones (excluding diaryl/α,β-unsaturated/α-hetero) is 1. The van der Waals surface area contributed by atoms with Crippen LogP contribution in [0.4, 0.5) is 43.9 Å². The van der Waals surface area contributed by atoms with Crippen LogP contribution >= 0.6 is 23.2 Å². The van der Waals surface area contributed by atoms with Crippen molar-refractivity contribution in [1.82, 2.24) is 4.57 Å². The van der Waals surface area contributed by atoms with E-state index in [9.17, 15) is 48.7 Å². The molecule has 0 fully saturated rings. The van der Waals surface area contributed by atoms with Crippen molar-refractivity contribution in [3.8, 4) is 16.8 Å². The lowest BCUT2D eigenvalue weighted by Gasteiger charge is -2.31. The first-order valence-electron chi connectivity index (χ1n) is 9.52. The van der Waals surface area contributed by atoms with Gasteiger partial charge in [-0.25, -0.2) is 4.39 Å². The summed E-state index contributed by atoms with van der Waals surface area (Å²) in [6, 6.07) is 4.40. The minimum absolute atomic E-state index is 0.0846. The highest BCUT2D eigenvalue weighted by Crippen LogP contribution is 2.55. The molecule has 0 N–H and O–H groups in total. The molecular weight excluding hydrogens is 555 g/mol. The summed E-state index contributed by atoms with van der Waals surface area (Å²) in [6.07, 6.45) is -16.5. The summed E-state index contributed by atoms with van der Waals surface area (Å²) in [7, 11) is 0. The maximum Gasteiger partial charge on any atom is 0.435 e. The maximum atomic E-state index is 14.5. The first-order chi connectivity index (χ1) is 16.3. The van der Waals surface area contributed by atoms with Crippen LogP contribution < -0.4 is 0 Å². The molecule has 0 atom stereocenters. The molecule has 14 heteroatoms. The summed E-state index contributed by atoms with van der Waals surface area (Å²) in [5.41, 5.74) is -11.5. The number of nitrogens with zero attached hydrogens (tertiary/aromatic N) is 1. The molecule has 1 heterocycles. The summed E-state index contributed by atoms with van der Waals surface area (Å²) >= 11 is 11.7. The lowest BCUT2D eigenvalue weighted by atomic mass is 9.89. The molecular formula is C22H11Cl2F10NO. The zero-order valence-electron chi connectivity index (χ0n) is 17.5. The number of carbonyl (C=O) groups excluding carboxylic acids is 1. The largest absolute Gasteiger partial charge is 0.435 e. The Hall–Kier alpha value is -2.73. The van der Waals surface area contributed by atoms with Crippen molar-refractivity contribution in [2.45, 2.75) is 31.1 Å². The molecule has 194 valence electrons. The predicted molar refractivity (Wildman–Crippen MR) is 111 cm³/mol. The molecule has 3 aromatic rings. The molecule has 0 unspecified atom stereocenters. The van der Waals surface area contributed by atoms with Crippen molar-refractivity contribution in [3.63, 3.8) is 0 Å². The average molecular weight is 566 g/mol. The Bertz CT molecular complexity index is 1310. The van der Waals surface area contributed by atoms with Crippen molar-refractivity contribution in [1.29, 1.82) is 0 Å². The second-order valence-corrected chi connectivity index (χ2v) is 8.37. The van der Waals surface area contributed by atoms with Crippen LogP contribution in [0, 0.1) is 0 Å². The van der Waals surface area contributed by atoms with Crippen LogP contribution in [0.3, 0.4) is 0 Å². The predicted octanol–water partition coefficient (Wildman–Crippen LogP) is 8.96. The lowest BCUT2D eigenvalue weighted by molar-refractivity contribution is -0.348. The second kappa shape index (κ2) is 8.98. The van der Waals surface area contributed by atoms with Gasteiger partial charge < -0.3 is 4.57 Å². The van der Waals surface area contributed by atoms with Crippen molar-refractivity contribution < 1.29 is 48.7 Å². The van der Waals surface area contributed by atoms with E-state index in [1.54, 1.807) is 0 Å². The Balaban J connectivity index is 2.24. The van der Waals surface area contributed by atoms with E-state index in [-0.39, 0.29) is 27.9 Å². The molecule has 0 radical (unpaired) electrons. The van der Waals surface area contributed by atoms with Gasteiger partial charge in [0, 0.05) is 45.4 Å². The number of alkyl halides is 10. The van der Waals surface area contributed by atoms with Gasteiger partial charge in [-0.05, 0) is 43.3 Å². The minimum Gasteiger partial charge on any atom is -0.323 e. The number of aromatic nitrogens is 1. The van der Waals surface area contributed by atoms with E-state index in [1.165, 1.54) is 35.9 Å². The van der Waals surface area contributed by atoms with Gasteiger partial charge in [0.2, 0.25) is 0 Å². The van der Waals surface area contributed by atoms with Crippen LogP contribution in [0.2, 0.25) is 10.0 Å². The molecule has 0 saturated carbocycles. The van der Waals surface area contributed by atoms with Gasteiger partial charge in [0.15, 0.2) is 5.78 Å². The van der Waals surface area contributed by atoms with Crippen molar-refractivity contribution in [2.24, 2.45) is 0 Å². The lowest BCUT2D eigenvalue weighted by Crippen LogP contribution is -2.50. The van der Waals surface area contributed by atoms with E-state index in [2.05, 4.69) is 0 Å². The summed E-state index contributed by atoms with van der Waals surface area (Å²) < 4.78 is 136. The highest BCUT2D eigenvalue weighted by molar-refractivity contribution is 6.34. The molecule has 1 aromatic heterocycles. The fourth-order valence-corrected chi connectivity index (χ4v) is 4.04. The molecule has 3 rings (SSSR count). The van der Waals surface area contributed by atoms with Gasteiger partial charge in [-0.3, -0.25) is 4.79 Å². The minimum atomic E-state index is -6.63. The molecule has 0 bridgehead atoms. The molecule has 0 spiro atoms. The normalized spacial score (nSPS) is 13.2. The zero-order valence-corrected chi connectivity index (χ0v) is 19.0. The summed E-state index contributed by atoms with van der Waals surface area (Å²) in [4.78, 5) is 11.7. The topological polar surface area (TPSA) is 22.0 Å². The molecule has 2 aromatic carbocycles. The SMILES string of the molecule is CC(=O)c1cc(-n2ccc(-c3c(Cl)cc(C(F)(C(F)(F)F)C(F)(F)F)cc3C(F)(F)F)c2)ccc1Cl. The summed E-state index contributed by atoms with van der Waals surface area (Å²) in [5.74, 6) is -0.420. The highest BCUT2D eigenvalue weighted by atomic mass is 35.5. The van der Waals surface area contributed by atoms with E-state index in [0.717, 1.165) is 12.3 Å². The molecule has 0 aliphatic rings. The van der Waals surface area contributed by atoms with Crippen molar-refractivity contribution >= 4 is 29.0 Å². The third kappa shape index (κ3) is 4.80. The maximum absolute atomic E-state index is 14.5. The van der Waals surface area contributed by atoms with Crippen LogP contribution in [0.15, 0.2) is 48.8 Å². The Morgan fingerprint density at radius 2 is 1.39 bits per heavy atom. The van der Waals surface area contributed by atoms with E-state index < -0.39 is 57.8 Å². The van der Waals surface area contributed by atoms with Crippen LogP contribution in [0.5, 0.6) is 0 Å². The molecule has 2 nitrogen and oxygen atoms in total. The number of halogens is 12. The third-order valence-electron chi connectivity index (χ3n) is 5.18. The molecule has 0 amide bonds. The van der Waals surface area contributed by atoms with Gasteiger partial charge in [0.25, 0.3) is 0 Å². The Kier molecular flexibility index (Phi) is 6.95. The monoisotopic (exact) mass is 565 g/mol. The zero-order chi connectivity index (χ0) is 27.4. The number of hydrogen-bond donors (Lipinski definition) is 0. The molecule has 0 saturated heterocycles. The standard InChI is InChI=1S/C22H11Cl2F10NO/c1-10(36)14-8-13(2-3-16(14)23)35-5-4-11(9-35)18-15(20(26,27)28)6-12(7-17(18)24)19(25,21(29,30)31)22(32,33)34/h2-9H,1H3. The smallest absolute Gasteiger partial charge is 0.323 e. The fourth-order valence-electron chi connectivity index (χ4n) is 3.46. The summed E-state index contributed by atoms with van der Waals surface area (Å²) in [5, 5.41) is -1.10. The first kappa shape index (κ1) is 27.9. The van der Waals surface area contributed by atoms with E-state index in [4.69, 9.17) is 23.2 Å². The quantitative estimate of drug-likeness (QED) is 0.228. The molecule has 0 aliphatic carbocycles. The van der Waals surface area contributed by atoms with Gasteiger partial charge in [-0.2, -0.15) is 39.5 Å². The number of rotatable bonds is 4. The van der Waals surface area contributed by atoms with Gasteiger partial charge in [0.05, 0.1) is 10.6 Å². The van der Waals surface area contributed by atoms with Crippen molar-refractivity contribution in [3.05, 3.63) is 75.5 Å². The number of benzene rings is 2. The number of hydrogen-bond acceptors (Lipinski definition) is 1. The van der Waals surface area contributed by atoms with Gasteiger partial charge >= 0.3 is 24.2 Å². The highest BCUT2D eigenvalue weighted by Gasteiger charge is 2.73. The fraction of sp³-hybridized carbons (Fsp3) is 0.227. The second-order valence-electron chi connectivity index (χ2n) is 7.56. The Labute approximate surface area is 206 Å². The van der Waals surface area contributed by atoms with Gasteiger partial charge in [-0.1, -0.05) is 23.2 Å². The van der Waals surface area contributed by atoms with E-state index >= 15 is 0 Å². The van der Waals surface area contributed by atoms with Crippen LogP contribution in [-0.2, 0) is 11.8 Å². The van der Waals surface area contributed by atoms with Crippen molar-refractivity contribution in [2.75, 3.05) is 0 Å². The van der Waals surface area contributed by atoms with E-state index in [0.29, 0.717) is 0 Å².